The molecule has 0 fully saturated rings. The van der Waals surface area contributed by atoms with Crippen molar-refractivity contribution in [3.8, 4) is 0 Å². The molecule has 0 aromatic carbocycles. The number of rotatable bonds is 9. The molecule has 28 heavy (non-hydrogen) atoms. The van der Waals surface area contributed by atoms with E-state index in [1.165, 1.54) is 0 Å². The van der Waals surface area contributed by atoms with E-state index >= 15 is 0 Å². The molecule has 1 N–H and O–H groups in total. The van der Waals surface area contributed by atoms with Gasteiger partial charge in [-0.1, -0.05) is 0 Å². The summed E-state index contributed by atoms with van der Waals surface area (Å²) in [6.45, 7) is 0. The summed E-state index contributed by atoms with van der Waals surface area (Å²) in [5.74, 6) is -14.4. The van der Waals surface area contributed by atoms with Crippen LogP contribution in [0.3, 0.4) is 0 Å². The molecule has 22 nitrogen and oxygen atoms in total. The molecule has 1 aromatic rings. The lowest BCUT2D eigenvalue weighted by Gasteiger charge is -2.11. The highest BCUT2D eigenvalue weighted by Gasteiger charge is 2.80. The number of nitro groups is 6. The van der Waals surface area contributed by atoms with Crippen molar-refractivity contribution in [3.05, 3.63) is 72.3 Å². The van der Waals surface area contributed by atoms with Crippen LogP contribution in [0.25, 0.3) is 0 Å². The number of nitrogens with one attached hydrogen (secondary N) is 1. The Morgan fingerprint density at radius 3 is 1.04 bits per heavy atom. The second-order valence-electron chi connectivity index (χ2n) is 4.37. The predicted octanol–water partition coefficient (Wildman–Crippen LogP) is -2.21. The van der Waals surface area contributed by atoms with Crippen molar-refractivity contribution in [2.24, 2.45) is 0 Å². The maximum Gasteiger partial charge on any atom is 0.763 e. The Morgan fingerprint density at radius 1 is 0.607 bits per heavy atom. The lowest BCUT2D eigenvalue weighted by Crippen LogP contribution is -2.54. The zero-order valence-corrected chi connectivity index (χ0v) is 12.9. The van der Waals surface area contributed by atoms with Gasteiger partial charge in [0.25, 0.3) is 0 Å². The third-order valence-corrected chi connectivity index (χ3v) is 2.99. The van der Waals surface area contributed by atoms with Gasteiger partial charge >= 0.3 is 23.2 Å². The number of anilines is 1. The molecule has 0 saturated heterocycles. The van der Waals surface area contributed by atoms with E-state index in [0.717, 1.165) is 7.05 Å². The Balaban J connectivity index is 4.16. The normalized spacial score (nSPS) is 11.3. The molecule has 0 aliphatic rings. The molecule has 0 saturated carbocycles. The number of hydrogen-bond acceptors (Lipinski definition) is 16. The molecule has 1 rings (SSSR count). The molecule has 0 amide bonds. The molecule has 0 radical (unpaired) electrons. The van der Waals surface area contributed by atoms with E-state index in [9.17, 15) is 60.7 Å². The smallest absolute Gasteiger partial charge is 0.357 e. The van der Waals surface area contributed by atoms with Gasteiger partial charge in [0.1, 0.15) is 0 Å². The number of hydrogen-bond donors (Lipinski definition) is 1. The van der Waals surface area contributed by atoms with Crippen LogP contribution in [0.15, 0.2) is 0 Å². The average Bonchev–Trinajstić information content (AvgIpc) is 2.53. The molecule has 1 heterocycles. The van der Waals surface area contributed by atoms with E-state index < -0.39 is 58.7 Å². The molecule has 0 spiro atoms. The molecule has 22 heteroatoms. The monoisotopic (exact) mass is 408 g/mol. The van der Waals surface area contributed by atoms with Crippen LogP contribution >= 0.6 is 0 Å². The highest BCUT2D eigenvalue weighted by Crippen LogP contribution is 2.29. The highest BCUT2D eigenvalue weighted by molar-refractivity contribution is 5.24. The van der Waals surface area contributed by atoms with Crippen molar-refractivity contribution in [1.29, 1.82) is 0 Å². The number of aromatic nitrogens is 3. The number of nitrogens with zero attached hydrogens (tertiary/aromatic N) is 9. The van der Waals surface area contributed by atoms with Crippen LogP contribution in [0.2, 0.25) is 0 Å². The first-order chi connectivity index (χ1) is 12.8. The fourth-order valence-corrected chi connectivity index (χ4v) is 1.68. The average molecular weight is 408 g/mol. The summed E-state index contributed by atoms with van der Waals surface area (Å²) in [6, 6.07) is 0. The molecular weight excluding hydrogens is 404 g/mol. The van der Waals surface area contributed by atoms with Crippen LogP contribution < -0.4 is 5.32 Å². The minimum absolute atomic E-state index is 0.890. The summed E-state index contributed by atoms with van der Waals surface area (Å²) in [5.41, 5.74) is 0. The summed E-state index contributed by atoms with van der Waals surface area (Å²) in [6.07, 6.45) is 0. The van der Waals surface area contributed by atoms with Gasteiger partial charge in [0.15, 0.2) is 29.5 Å². The van der Waals surface area contributed by atoms with Crippen LogP contribution in [0.5, 0.6) is 0 Å². The second kappa shape index (κ2) is 6.84. The quantitative estimate of drug-likeness (QED) is 0.257. The lowest BCUT2D eigenvalue weighted by atomic mass is 10.3. The van der Waals surface area contributed by atoms with E-state index in [4.69, 9.17) is 0 Å². The van der Waals surface area contributed by atoms with Crippen LogP contribution in [0.1, 0.15) is 11.6 Å². The predicted molar refractivity (Wildman–Crippen MR) is 74.7 cm³/mol. The fourth-order valence-electron chi connectivity index (χ4n) is 1.68. The van der Waals surface area contributed by atoms with Crippen LogP contribution in [0.4, 0.5) is 5.95 Å². The standard InChI is InChI=1S/C6H4N10O12/c1-7-4-9-2(5(11(17)18,12(19)20)13(21)22)8-3(10-4)6(14(23)24,15(25)26)16(27)28/h1H3,(H,7,8,9,10). The minimum Gasteiger partial charge on any atom is -0.357 e. The van der Waals surface area contributed by atoms with Crippen LogP contribution in [-0.2, 0) is 11.6 Å². The van der Waals surface area contributed by atoms with Gasteiger partial charge in [-0.25, -0.2) is 0 Å². The zero-order chi connectivity index (χ0) is 22.0. The van der Waals surface area contributed by atoms with Gasteiger partial charge in [0.2, 0.25) is 5.95 Å². The largest absolute Gasteiger partial charge is 0.763 e. The van der Waals surface area contributed by atoms with Gasteiger partial charge < -0.3 is 5.32 Å². The van der Waals surface area contributed by atoms with Gasteiger partial charge in [-0.2, -0.15) is 15.0 Å². The van der Waals surface area contributed by atoms with Crippen LogP contribution in [-0.4, -0.2) is 51.5 Å². The fraction of sp³-hybridized carbons (Fsp3) is 0.500. The minimum atomic E-state index is -4.60. The van der Waals surface area contributed by atoms with Crippen molar-refractivity contribution < 1.29 is 29.5 Å². The topological polar surface area (TPSA) is 310 Å². The molecule has 0 atom stereocenters. The first kappa shape index (κ1) is 21.3. The van der Waals surface area contributed by atoms with Gasteiger partial charge in [0, 0.05) is 7.05 Å². The molecule has 1 aromatic heterocycles. The van der Waals surface area contributed by atoms with Crippen molar-refractivity contribution in [2.45, 2.75) is 11.6 Å². The second-order valence-corrected chi connectivity index (χ2v) is 4.37. The summed E-state index contributed by atoms with van der Waals surface area (Å²) in [4.78, 5) is 62.3. The maximum atomic E-state index is 11.1. The van der Waals surface area contributed by atoms with E-state index in [1.54, 1.807) is 0 Å². The maximum absolute atomic E-state index is 11.1. The SMILES string of the molecule is CNc1nc(C([N+](=O)[O-])([N+](=O)[O-])[N+](=O)[O-])nc(C([N+](=O)[O-])([N+](=O)[O-])[N+](=O)[O-])n1. The van der Waals surface area contributed by atoms with Crippen molar-refractivity contribution in [2.75, 3.05) is 12.4 Å². The van der Waals surface area contributed by atoms with E-state index in [-0.39, 0.29) is 0 Å². The van der Waals surface area contributed by atoms with Gasteiger partial charge in [0.05, 0.1) is 0 Å². The Kier molecular flexibility index (Phi) is 5.19. The summed E-state index contributed by atoms with van der Waals surface area (Å²) in [5, 5.41) is 68.3. The Morgan fingerprint density at radius 2 is 0.857 bits per heavy atom. The molecule has 0 bridgehead atoms. The van der Waals surface area contributed by atoms with Crippen molar-refractivity contribution >= 4 is 5.95 Å². The molecule has 150 valence electrons. The van der Waals surface area contributed by atoms with E-state index in [0.29, 0.717) is 0 Å². The highest BCUT2D eigenvalue weighted by atomic mass is 16.7. The third kappa shape index (κ3) is 2.65. The zero-order valence-electron chi connectivity index (χ0n) is 12.9. The molecule has 0 unspecified atom stereocenters. The lowest BCUT2D eigenvalue weighted by molar-refractivity contribution is -0.989. The Labute approximate surface area is 148 Å². The van der Waals surface area contributed by atoms with Crippen molar-refractivity contribution in [1.82, 2.24) is 15.0 Å². The van der Waals surface area contributed by atoms with Gasteiger partial charge in [-0.3, -0.25) is 60.7 Å². The summed E-state index contributed by atoms with van der Waals surface area (Å²) < 4.78 is 0. The Bertz CT molecular complexity index is 772. The van der Waals surface area contributed by atoms with E-state index in [1.807, 2.05) is 5.32 Å². The third-order valence-electron chi connectivity index (χ3n) is 2.99. The first-order valence-corrected chi connectivity index (χ1v) is 6.12. The molecular formula is C6H4N10O12. The summed E-state index contributed by atoms with van der Waals surface area (Å²) in [7, 11) is 0.890. The Hall–Kier alpha value is -4.79. The molecule has 0 aliphatic carbocycles. The molecule has 0 aliphatic heterocycles. The van der Waals surface area contributed by atoms with Crippen molar-refractivity contribution in [3.63, 3.8) is 0 Å². The van der Waals surface area contributed by atoms with Crippen LogP contribution in [0, 0.1) is 60.7 Å². The first-order valence-electron chi connectivity index (χ1n) is 6.12. The van der Waals surface area contributed by atoms with E-state index in [2.05, 4.69) is 15.0 Å². The van der Waals surface area contributed by atoms with Gasteiger partial charge in [-0.15, -0.1) is 0 Å². The summed E-state index contributed by atoms with van der Waals surface area (Å²) >= 11 is 0. The van der Waals surface area contributed by atoms with Gasteiger partial charge in [-0.05, 0) is 0 Å².